The van der Waals surface area contributed by atoms with Gasteiger partial charge in [-0.2, -0.15) is 13.2 Å². The predicted molar refractivity (Wildman–Crippen MR) is 68.2 cm³/mol. The van der Waals surface area contributed by atoms with Gasteiger partial charge in [0.2, 0.25) is 5.82 Å². The van der Waals surface area contributed by atoms with Crippen LogP contribution in [0.4, 0.5) is 19.0 Å². The topological polar surface area (TPSA) is 58.0 Å². The van der Waals surface area contributed by atoms with Crippen LogP contribution in [0, 0.1) is 0 Å². The van der Waals surface area contributed by atoms with Crippen LogP contribution in [0.3, 0.4) is 0 Å². The molecule has 108 valence electrons. The first kappa shape index (κ1) is 16.0. The molecule has 1 rings (SSSR count). The summed E-state index contributed by atoms with van der Waals surface area (Å²) in [5.41, 5.74) is 0. The summed E-state index contributed by atoms with van der Waals surface area (Å²) in [5, 5.41) is 11.8. The van der Waals surface area contributed by atoms with Crippen LogP contribution in [0.25, 0.3) is 0 Å². The lowest BCUT2D eigenvalue weighted by atomic mass is 10.3. The zero-order valence-corrected chi connectivity index (χ0v) is 11.5. The number of rotatable bonds is 6. The fourth-order valence-electron chi connectivity index (χ4n) is 1.33. The molecule has 0 aromatic carbocycles. The smallest absolute Gasteiger partial charge is 0.396 e. The van der Waals surface area contributed by atoms with Crippen LogP contribution in [0.1, 0.15) is 26.1 Å². The van der Waals surface area contributed by atoms with Crippen LogP contribution in [0.5, 0.6) is 0 Å². The molecular formula is C11H16F3N3OS. The van der Waals surface area contributed by atoms with Gasteiger partial charge in [0.25, 0.3) is 0 Å². The average Bonchev–Trinajstić information content (AvgIpc) is 2.28. The second kappa shape index (κ2) is 6.95. The van der Waals surface area contributed by atoms with E-state index in [0.29, 0.717) is 13.0 Å². The molecule has 1 aromatic heterocycles. The third-order valence-electron chi connectivity index (χ3n) is 2.17. The van der Waals surface area contributed by atoms with E-state index in [4.69, 9.17) is 5.11 Å². The van der Waals surface area contributed by atoms with Gasteiger partial charge in [0, 0.05) is 24.5 Å². The first-order valence-electron chi connectivity index (χ1n) is 5.84. The molecule has 8 heteroatoms. The lowest BCUT2D eigenvalue weighted by Gasteiger charge is -2.13. The van der Waals surface area contributed by atoms with Gasteiger partial charge in [-0.1, -0.05) is 6.92 Å². The minimum atomic E-state index is -4.57. The molecule has 0 fully saturated rings. The fraction of sp³-hybridized carbons (Fsp3) is 0.636. The largest absolute Gasteiger partial charge is 0.451 e. The summed E-state index contributed by atoms with van der Waals surface area (Å²) in [6.45, 7) is 4.07. The Balaban J connectivity index is 2.99. The summed E-state index contributed by atoms with van der Waals surface area (Å²) in [6, 6.07) is 1.48. The van der Waals surface area contributed by atoms with Gasteiger partial charge in [0.15, 0.2) is 0 Å². The van der Waals surface area contributed by atoms with Crippen molar-refractivity contribution >= 4 is 17.6 Å². The first-order valence-corrected chi connectivity index (χ1v) is 6.72. The molecule has 2 N–H and O–H groups in total. The Kier molecular flexibility index (Phi) is 5.86. The van der Waals surface area contributed by atoms with Gasteiger partial charge in [0.1, 0.15) is 10.8 Å². The highest BCUT2D eigenvalue weighted by Gasteiger charge is 2.35. The maximum Gasteiger partial charge on any atom is 0.451 e. The molecule has 1 heterocycles. The van der Waals surface area contributed by atoms with E-state index in [1.807, 2.05) is 6.92 Å². The Hall–Kier alpha value is -1.02. The van der Waals surface area contributed by atoms with Crippen molar-refractivity contribution in [2.24, 2.45) is 0 Å². The van der Waals surface area contributed by atoms with Crippen LogP contribution in [-0.2, 0) is 6.18 Å². The fourth-order valence-corrected chi connectivity index (χ4v) is 2.29. The zero-order valence-electron chi connectivity index (χ0n) is 10.7. The van der Waals surface area contributed by atoms with Crippen molar-refractivity contribution in [1.82, 2.24) is 9.97 Å². The van der Waals surface area contributed by atoms with Crippen LogP contribution >= 0.6 is 11.8 Å². The summed E-state index contributed by atoms with van der Waals surface area (Å²) >= 11 is 1.19. The Morgan fingerprint density at radius 1 is 1.42 bits per heavy atom. The van der Waals surface area contributed by atoms with Crippen LogP contribution in [-0.4, -0.2) is 33.5 Å². The monoisotopic (exact) mass is 295 g/mol. The third-order valence-corrected chi connectivity index (χ3v) is 3.26. The Labute approximate surface area is 113 Å². The molecule has 0 bridgehead atoms. The zero-order chi connectivity index (χ0) is 14.5. The van der Waals surface area contributed by atoms with Crippen molar-refractivity contribution < 1.29 is 18.3 Å². The SMILES string of the molecule is CCNc1cc(SC(C)CCO)nc(C(F)(F)F)n1. The molecule has 0 saturated carbocycles. The molecule has 0 aliphatic carbocycles. The number of halogens is 3. The molecule has 0 saturated heterocycles. The highest BCUT2D eigenvalue weighted by atomic mass is 32.2. The lowest BCUT2D eigenvalue weighted by Crippen LogP contribution is -2.14. The summed E-state index contributed by atoms with van der Waals surface area (Å²) in [4.78, 5) is 6.95. The van der Waals surface area contributed by atoms with Crippen molar-refractivity contribution in [3.63, 3.8) is 0 Å². The summed E-state index contributed by atoms with van der Waals surface area (Å²) in [7, 11) is 0. The quantitative estimate of drug-likeness (QED) is 0.624. The number of aliphatic hydroxyl groups is 1. The van der Waals surface area contributed by atoms with E-state index in [0.717, 1.165) is 0 Å². The van der Waals surface area contributed by atoms with Gasteiger partial charge in [-0.05, 0) is 13.3 Å². The standard InChI is InChI=1S/C11H16F3N3OS/c1-3-15-8-6-9(19-7(2)4-5-18)17-10(16-8)11(12,13)14/h6-7,18H,3-5H2,1-2H3,(H,15,16,17). The van der Waals surface area contributed by atoms with E-state index in [1.165, 1.54) is 17.8 Å². The molecular weight excluding hydrogens is 279 g/mol. The molecule has 1 aromatic rings. The van der Waals surface area contributed by atoms with Crippen LogP contribution < -0.4 is 5.32 Å². The van der Waals surface area contributed by atoms with Crippen molar-refractivity contribution in [3.05, 3.63) is 11.9 Å². The average molecular weight is 295 g/mol. The van der Waals surface area contributed by atoms with E-state index in [1.54, 1.807) is 6.92 Å². The van der Waals surface area contributed by atoms with E-state index >= 15 is 0 Å². The Morgan fingerprint density at radius 3 is 2.63 bits per heavy atom. The number of hydrogen-bond donors (Lipinski definition) is 2. The lowest BCUT2D eigenvalue weighted by molar-refractivity contribution is -0.145. The highest BCUT2D eigenvalue weighted by molar-refractivity contribution is 7.99. The number of alkyl halides is 3. The van der Waals surface area contributed by atoms with Gasteiger partial charge < -0.3 is 10.4 Å². The second-order valence-corrected chi connectivity index (χ2v) is 5.34. The van der Waals surface area contributed by atoms with Crippen molar-refractivity contribution in [2.45, 2.75) is 36.7 Å². The first-order chi connectivity index (χ1) is 8.86. The number of thioether (sulfide) groups is 1. The highest BCUT2D eigenvalue weighted by Crippen LogP contribution is 2.31. The van der Waals surface area contributed by atoms with E-state index in [2.05, 4.69) is 15.3 Å². The summed E-state index contributed by atoms with van der Waals surface area (Å²) < 4.78 is 38.0. The van der Waals surface area contributed by atoms with Crippen molar-refractivity contribution in [2.75, 3.05) is 18.5 Å². The Morgan fingerprint density at radius 2 is 2.11 bits per heavy atom. The molecule has 19 heavy (non-hydrogen) atoms. The third kappa shape index (κ3) is 5.23. The van der Waals surface area contributed by atoms with Crippen LogP contribution in [0.15, 0.2) is 11.1 Å². The number of nitrogens with zero attached hydrogens (tertiary/aromatic N) is 2. The summed E-state index contributed by atoms with van der Waals surface area (Å²) in [5.74, 6) is -0.992. The minimum absolute atomic E-state index is 0.00849. The van der Waals surface area contributed by atoms with Crippen molar-refractivity contribution in [1.29, 1.82) is 0 Å². The molecule has 1 atom stereocenters. The summed E-state index contributed by atoms with van der Waals surface area (Å²) in [6.07, 6.45) is -4.08. The Bertz CT molecular complexity index is 415. The predicted octanol–water partition coefficient (Wildman–Crippen LogP) is 2.79. The molecule has 0 aliphatic heterocycles. The van der Waals surface area contributed by atoms with Crippen molar-refractivity contribution in [3.8, 4) is 0 Å². The molecule has 1 unspecified atom stereocenters. The second-order valence-electron chi connectivity index (χ2n) is 3.88. The van der Waals surface area contributed by atoms with E-state index < -0.39 is 12.0 Å². The molecule has 0 spiro atoms. The molecule has 0 radical (unpaired) electrons. The minimum Gasteiger partial charge on any atom is -0.396 e. The number of nitrogens with one attached hydrogen (secondary N) is 1. The molecule has 0 amide bonds. The van der Waals surface area contributed by atoms with E-state index in [9.17, 15) is 13.2 Å². The van der Waals surface area contributed by atoms with Gasteiger partial charge in [0.05, 0.1) is 0 Å². The van der Waals surface area contributed by atoms with E-state index in [-0.39, 0.29) is 22.7 Å². The maximum absolute atomic E-state index is 12.7. The normalized spacial score (nSPS) is 13.4. The van der Waals surface area contributed by atoms with Gasteiger partial charge in [-0.15, -0.1) is 11.8 Å². The van der Waals surface area contributed by atoms with Crippen LogP contribution in [0.2, 0.25) is 0 Å². The maximum atomic E-state index is 12.7. The molecule has 0 aliphatic rings. The number of aliphatic hydroxyl groups excluding tert-OH is 1. The number of aromatic nitrogens is 2. The van der Waals surface area contributed by atoms with Gasteiger partial charge >= 0.3 is 6.18 Å². The van der Waals surface area contributed by atoms with Gasteiger partial charge in [-0.3, -0.25) is 0 Å². The number of anilines is 1. The number of hydrogen-bond acceptors (Lipinski definition) is 5. The van der Waals surface area contributed by atoms with Gasteiger partial charge in [-0.25, -0.2) is 9.97 Å². The molecule has 4 nitrogen and oxygen atoms in total.